The minimum atomic E-state index is -0.959. The topological polar surface area (TPSA) is 75.4 Å². The Labute approximate surface area is 147 Å². The number of nitrogens with one attached hydrogen (secondary N) is 1. The Morgan fingerprint density at radius 1 is 0.800 bits per heavy atom. The highest BCUT2D eigenvalue weighted by molar-refractivity contribution is 5.73. The van der Waals surface area contributed by atoms with E-state index in [2.05, 4.69) is 5.32 Å². The van der Waals surface area contributed by atoms with E-state index in [-0.39, 0.29) is 0 Å². The van der Waals surface area contributed by atoms with Gasteiger partial charge in [-0.15, -0.1) is 0 Å². The number of nitrogens with two attached hydrogens (primary N) is 1. The van der Waals surface area contributed by atoms with Crippen molar-refractivity contribution in [3.63, 3.8) is 0 Å². The maximum Gasteiger partial charge on any atom is 0.320 e. The fourth-order valence-electron chi connectivity index (χ4n) is 2.16. The summed E-state index contributed by atoms with van der Waals surface area (Å²) in [7, 11) is 0. The highest BCUT2D eigenvalue weighted by Gasteiger charge is 2.10. The lowest BCUT2D eigenvalue weighted by atomic mass is 10.1. The number of rotatable bonds is 5. The molecule has 4 N–H and O–H groups in total. The fraction of sp³-hybridized carbons (Fsp3) is 0.0952. The van der Waals surface area contributed by atoms with E-state index in [1.165, 1.54) is 0 Å². The van der Waals surface area contributed by atoms with Crippen LogP contribution >= 0.6 is 0 Å². The van der Waals surface area contributed by atoms with Gasteiger partial charge >= 0.3 is 5.97 Å². The second-order valence-electron chi connectivity index (χ2n) is 5.49. The van der Waals surface area contributed by atoms with Gasteiger partial charge in [-0.2, -0.15) is 0 Å². The Morgan fingerprint density at radius 2 is 1.20 bits per heavy atom. The van der Waals surface area contributed by atoms with Crippen molar-refractivity contribution in [1.29, 1.82) is 0 Å². The van der Waals surface area contributed by atoms with E-state index >= 15 is 0 Å². The van der Waals surface area contributed by atoms with Crippen molar-refractivity contribution in [3.8, 4) is 0 Å². The number of benzene rings is 3. The normalized spacial score (nSPS) is 10.9. The van der Waals surface area contributed by atoms with Crippen molar-refractivity contribution in [1.82, 2.24) is 0 Å². The van der Waals surface area contributed by atoms with E-state index in [4.69, 9.17) is 10.8 Å². The third-order valence-electron chi connectivity index (χ3n) is 3.45. The van der Waals surface area contributed by atoms with Gasteiger partial charge in [0.05, 0.1) is 0 Å². The van der Waals surface area contributed by atoms with Crippen molar-refractivity contribution < 1.29 is 9.90 Å². The molecule has 0 aromatic heterocycles. The molecule has 25 heavy (non-hydrogen) atoms. The zero-order valence-electron chi connectivity index (χ0n) is 13.9. The molecule has 1 unspecified atom stereocenters. The van der Waals surface area contributed by atoms with Crippen molar-refractivity contribution in [3.05, 3.63) is 96.6 Å². The van der Waals surface area contributed by atoms with Gasteiger partial charge in [-0.1, -0.05) is 66.7 Å². The summed E-state index contributed by atoms with van der Waals surface area (Å²) in [5.41, 5.74) is 8.54. The minimum Gasteiger partial charge on any atom is -0.480 e. The number of carbonyl (C=O) groups is 1. The number of hydrogen-bond donors (Lipinski definition) is 3. The van der Waals surface area contributed by atoms with Crippen LogP contribution in [0.25, 0.3) is 0 Å². The molecule has 3 aromatic carbocycles. The van der Waals surface area contributed by atoms with E-state index < -0.39 is 12.0 Å². The van der Waals surface area contributed by atoms with Gasteiger partial charge < -0.3 is 16.2 Å². The molecule has 128 valence electrons. The lowest BCUT2D eigenvalue weighted by molar-refractivity contribution is -0.138. The average molecular weight is 334 g/mol. The van der Waals surface area contributed by atoms with Crippen LogP contribution in [0.15, 0.2) is 91.0 Å². The van der Waals surface area contributed by atoms with Crippen molar-refractivity contribution >= 4 is 17.3 Å². The summed E-state index contributed by atoms with van der Waals surface area (Å²) in [6.45, 7) is 0. The van der Waals surface area contributed by atoms with Gasteiger partial charge in [-0.05, 0) is 36.2 Å². The number of aliphatic carboxylic acids is 1. The van der Waals surface area contributed by atoms with Crippen molar-refractivity contribution in [2.75, 3.05) is 5.32 Å². The lowest BCUT2D eigenvalue weighted by Gasteiger charge is -2.04. The molecule has 0 aliphatic rings. The molecule has 0 fully saturated rings. The molecule has 0 aliphatic carbocycles. The van der Waals surface area contributed by atoms with Gasteiger partial charge in [-0.25, -0.2) is 0 Å². The molecule has 0 heterocycles. The summed E-state index contributed by atoms with van der Waals surface area (Å²) in [5, 5.41) is 11.8. The highest BCUT2D eigenvalue weighted by atomic mass is 16.4. The zero-order valence-corrected chi connectivity index (χ0v) is 13.9. The first-order valence-corrected chi connectivity index (χ1v) is 8.04. The van der Waals surface area contributed by atoms with Crippen LogP contribution in [0.4, 0.5) is 11.4 Å². The molecule has 1 atom stereocenters. The Morgan fingerprint density at radius 3 is 1.60 bits per heavy atom. The number of para-hydroxylation sites is 2. The van der Waals surface area contributed by atoms with E-state index in [1.54, 1.807) is 0 Å². The summed E-state index contributed by atoms with van der Waals surface area (Å²) in [4.78, 5) is 10.4. The van der Waals surface area contributed by atoms with Crippen LogP contribution in [0, 0.1) is 0 Å². The first kappa shape index (κ1) is 18.2. The summed E-state index contributed by atoms with van der Waals surface area (Å²) in [6.07, 6.45) is 0.385. The number of hydrogen-bond acceptors (Lipinski definition) is 3. The predicted octanol–water partition coefficient (Wildman–Crippen LogP) is 4.07. The highest BCUT2D eigenvalue weighted by Crippen LogP contribution is 2.14. The smallest absolute Gasteiger partial charge is 0.320 e. The number of anilines is 2. The molecular formula is C21H22N2O2. The van der Waals surface area contributed by atoms with Gasteiger partial charge in [0.2, 0.25) is 0 Å². The zero-order chi connectivity index (χ0) is 17.9. The quantitative estimate of drug-likeness (QED) is 0.657. The Kier molecular flexibility index (Phi) is 7.22. The van der Waals surface area contributed by atoms with Gasteiger partial charge in [0.25, 0.3) is 0 Å². The molecule has 3 aromatic rings. The summed E-state index contributed by atoms with van der Waals surface area (Å²) in [6, 6.07) is 28.8. The molecule has 0 saturated heterocycles. The maximum absolute atomic E-state index is 10.4. The van der Waals surface area contributed by atoms with E-state index in [0.717, 1.165) is 16.9 Å². The summed E-state index contributed by atoms with van der Waals surface area (Å²) >= 11 is 0. The second-order valence-corrected chi connectivity index (χ2v) is 5.49. The van der Waals surface area contributed by atoms with Crippen molar-refractivity contribution in [2.45, 2.75) is 12.5 Å². The van der Waals surface area contributed by atoms with Crippen LogP contribution in [0.3, 0.4) is 0 Å². The molecule has 3 rings (SSSR count). The fourth-order valence-corrected chi connectivity index (χ4v) is 2.16. The van der Waals surface area contributed by atoms with Crippen LogP contribution in [-0.4, -0.2) is 17.1 Å². The first-order chi connectivity index (χ1) is 12.1. The predicted molar refractivity (Wildman–Crippen MR) is 102 cm³/mol. The van der Waals surface area contributed by atoms with E-state index in [9.17, 15) is 4.79 Å². The van der Waals surface area contributed by atoms with E-state index in [1.807, 2.05) is 91.0 Å². The van der Waals surface area contributed by atoms with Crippen LogP contribution in [0.5, 0.6) is 0 Å². The molecule has 0 aliphatic heterocycles. The van der Waals surface area contributed by atoms with Gasteiger partial charge in [0.15, 0.2) is 0 Å². The van der Waals surface area contributed by atoms with Crippen LogP contribution in [0.1, 0.15) is 5.56 Å². The molecule has 0 amide bonds. The molecular weight excluding hydrogens is 312 g/mol. The Balaban J connectivity index is 0.000000181. The molecule has 0 radical (unpaired) electrons. The first-order valence-electron chi connectivity index (χ1n) is 8.04. The van der Waals surface area contributed by atoms with Crippen molar-refractivity contribution in [2.24, 2.45) is 5.73 Å². The van der Waals surface area contributed by atoms with Gasteiger partial charge in [0.1, 0.15) is 6.04 Å². The Bertz CT molecular complexity index is 709. The summed E-state index contributed by atoms with van der Waals surface area (Å²) < 4.78 is 0. The Hall–Kier alpha value is -3.11. The molecule has 0 spiro atoms. The standard InChI is InChI=1S/C12H11N.C9H11NO2/c1-3-7-11(8-4-1)13-12-9-5-2-6-10-12;10-8(9(11)12)6-7-4-2-1-3-5-7/h1-10,13H;1-5,8H,6,10H2,(H,11,12). The molecule has 0 saturated carbocycles. The monoisotopic (exact) mass is 334 g/mol. The minimum absolute atomic E-state index is 0.385. The third-order valence-corrected chi connectivity index (χ3v) is 3.45. The van der Waals surface area contributed by atoms with Crippen LogP contribution in [-0.2, 0) is 11.2 Å². The summed E-state index contributed by atoms with van der Waals surface area (Å²) in [5.74, 6) is -0.959. The SMILES string of the molecule is NC(Cc1ccccc1)C(=O)O.c1ccc(Nc2ccccc2)cc1. The largest absolute Gasteiger partial charge is 0.480 e. The average Bonchev–Trinajstić information content (AvgIpc) is 2.65. The lowest BCUT2D eigenvalue weighted by Crippen LogP contribution is -2.32. The van der Waals surface area contributed by atoms with Crippen LogP contribution in [0.2, 0.25) is 0 Å². The second kappa shape index (κ2) is 9.90. The van der Waals surface area contributed by atoms with Gasteiger partial charge in [0, 0.05) is 11.4 Å². The number of carboxylic acids is 1. The third kappa shape index (κ3) is 6.89. The molecule has 4 heteroatoms. The number of carboxylic acid groups (broad SMARTS) is 1. The maximum atomic E-state index is 10.4. The molecule has 0 bridgehead atoms. The molecule has 4 nitrogen and oxygen atoms in total. The van der Waals surface area contributed by atoms with E-state index in [0.29, 0.717) is 6.42 Å². The van der Waals surface area contributed by atoms with Crippen LogP contribution < -0.4 is 11.1 Å². The van der Waals surface area contributed by atoms with Gasteiger partial charge in [-0.3, -0.25) is 4.79 Å².